The zero-order valence-corrected chi connectivity index (χ0v) is 20.5. The van der Waals surface area contributed by atoms with E-state index >= 15 is 0 Å². The highest BCUT2D eigenvalue weighted by Gasteiger charge is 2.35. The standard InChI is InChI=1S/C23H26ClN3O6S/c1-3-27(16-4-6-17(32-2)7-5-16)23(29)15-8-10-26(11-9-15)34(30,31)21-13-20-19(12-18(21)24)25-22(28)14-33-20/h4-7,12-13,15H,3,8-11,14H2,1-2H3,(H,25,28). The van der Waals surface area contributed by atoms with Gasteiger partial charge in [-0.1, -0.05) is 11.6 Å². The Morgan fingerprint density at radius 2 is 1.91 bits per heavy atom. The molecule has 0 atom stereocenters. The number of hydrogen-bond acceptors (Lipinski definition) is 6. The van der Waals surface area contributed by atoms with Gasteiger partial charge in [0.25, 0.3) is 5.91 Å². The van der Waals surface area contributed by atoms with Crippen LogP contribution in [0.2, 0.25) is 5.02 Å². The van der Waals surface area contributed by atoms with Crippen molar-refractivity contribution in [3.63, 3.8) is 0 Å². The highest BCUT2D eigenvalue weighted by atomic mass is 35.5. The normalized spacial score (nSPS) is 16.9. The Balaban J connectivity index is 1.46. The highest BCUT2D eigenvalue weighted by Crippen LogP contribution is 2.37. The Morgan fingerprint density at radius 1 is 1.24 bits per heavy atom. The summed E-state index contributed by atoms with van der Waals surface area (Å²) in [6.07, 6.45) is 0.805. The number of nitrogens with one attached hydrogen (secondary N) is 1. The average Bonchev–Trinajstić information content (AvgIpc) is 2.84. The van der Waals surface area contributed by atoms with Crippen molar-refractivity contribution in [2.45, 2.75) is 24.7 Å². The quantitative estimate of drug-likeness (QED) is 0.644. The first-order valence-corrected chi connectivity index (χ1v) is 12.8. The summed E-state index contributed by atoms with van der Waals surface area (Å²) in [6, 6.07) is 10.00. The van der Waals surface area contributed by atoms with Gasteiger partial charge in [-0.25, -0.2) is 8.42 Å². The predicted molar refractivity (Wildman–Crippen MR) is 128 cm³/mol. The number of carbonyl (C=O) groups excluding carboxylic acids is 2. The van der Waals surface area contributed by atoms with E-state index in [9.17, 15) is 18.0 Å². The van der Waals surface area contributed by atoms with E-state index in [0.29, 0.717) is 30.8 Å². The van der Waals surface area contributed by atoms with Gasteiger partial charge in [-0.05, 0) is 50.1 Å². The smallest absolute Gasteiger partial charge is 0.262 e. The molecule has 0 aliphatic carbocycles. The number of nitrogens with zero attached hydrogens (tertiary/aromatic N) is 2. The van der Waals surface area contributed by atoms with Crippen molar-refractivity contribution in [3.05, 3.63) is 41.4 Å². The van der Waals surface area contributed by atoms with Crippen LogP contribution in [0.15, 0.2) is 41.3 Å². The summed E-state index contributed by atoms with van der Waals surface area (Å²) in [5, 5.41) is 2.61. The molecule has 0 saturated carbocycles. The fourth-order valence-electron chi connectivity index (χ4n) is 4.21. The summed E-state index contributed by atoms with van der Waals surface area (Å²) in [4.78, 5) is 26.3. The Kier molecular flexibility index (Phi) is 7.01. The molecule has 2 aliphatic heterocycles. The minimum Gasteiger partial charge on any atom is -0.497 e. The summed E-state index contributed by atoms with van der Waals surface area (Å²) in [5.74, 6) is 0.318. The van der Waals surface area contributed by atoms with E-state index in [1.54, 1.807) is 24.1 Å². The van der Waals surface area contributed by atoms with Crippen LogP contribution in [0.5, 0.6) is 11.5 Å². The molecule has 1 N–H and O–H groups in total. The Bertz CT molecular complexity index is 1190. The maximum Gasteiger partial charge on any atom is 0.262 e. The van der Waals surface area contributed by atoms with E-state index in [4.69, 9.17) is 21.1 Å². The summed E-state index contributed by atoms with van der Waals surface area (Å²) in [7, 11) is -2.32. The second kappa shape index (κ2) is 9.81. The van der Waals surface area contributed by atoms with Crippen LogP contribution in [0.25, 0.3) is 0 Å². The van der Waals surface area contributed by atoms with Crippen LogP contribution in [0, 0.1) is 5.92 Å². The Morgan fingerprint density at radius 3 is 2.53 bits per heavy atom. The number of benzene rings is 2. The van der Waals surface area contributed by atoms with Gasteiger partial charge in [-0.15, -0.1) is 0 Å². The van der Waals surface area contributed by atoms with Crippen LogP contribution in [0.3, 0.4) is 0 Å². The lowest BCUT2D eigenvalue weighted by atomic mass is 9.96. The topological polar surface area (TPSA) is 105 Å². The van der Waals surface area contributed by atoms with Crippen LogP contribution < -0.4 is 19.7 Å². The zero-order valence-electron chi connectivity index (χ0n) is 18.9. The molecule has 2 aromatic carbocycles. The molecular formula is C23H26ClN3O6S. The molecule has 0 spiro atoms. The predicted octanol–water partition coefficient (Wildman–Crippen LogP) is 3.13. The number of hydrogen-bond donors (Lipinski definition) is 1. The van der Waals surface area contributed by atoms with Crippen LogP contribution in [0.1, 0.15) is 19.8 Å². The zero-order chi connectivity index (χ0) is 24.5. The van der Waals surface area contributed by atoms with E-state index in [1.165, 1.54) is 16.4 Å². The van der Waals surface area contributed by atoms with Gasteiger partial charge < -0.3 is 19.7 Å². The number of methoxy groups -OCH3 is 1. The number of rotatable bonds is 6. The highest BCUT2D eigenvalue weighted by molar-refractivity contribution is 7.89. The van der Waals surface area contributed by atoms with Crippen molar-refractivity contribution in [3.8, 4) is 11.5 Å². The number of fused-ring (bicyclic) bond motifs is 1. The lowest BCUT2D eigenvalue weighted by Crippen LogP contribution is -2.44. The van der Waals surface area contributed by atoms with Crippen LogP contribution in [-0.4, -0.2) is 57.9 Å². The second-order valence-electron chi connectivity index (χ2n) is 8.07. The monoisotopic (exact) mass is 507 g/mol. The molecule has 0 aromatic heterocycles. The lowest BCUT2D eigenvalue weighted by Gasteiger charge is -2.33. The molecule has 0 unspecified atom stereocenters. The number of piperidine rings is 1. The molecule has 1 fully saturated rings. The molecule has 2 amide bonds. The van der Waals surface area contributed by atoms with Gasteiger partial charge in [-0.2, -0.15) is 4.31 Å². The van der Waals surface area contributed by atoms with Gasteiger partial charge in [0.1, 0.15) is 16.4 Å². The molecular weight excluding hydrogens is 482 g/mol. The van der Waals surface area contributed by atoms with E-state index in [-0.39, 0.29) is 53.1 Å². The van der Waals surface area contributed by atoms with Crippen molar-refractivity contribution in [1.29, 1.82) is 0 Å². The third-order valence-corrected chi connectivity index (χ3v) is 8.42. The summed E-state index contributed by atoms with van der Waals surface area (Å²) in [5.41, 5.74) is 1.11. The van der Waals surface area contributed by atoms with Crippen molar-refractivity contribution in [2.75, 3.05) is 43.6 Å². The van der Waals surface area contributed by atoms with Crippen molar-refractivity contribution >= 4 is 44.8 Å². The largest absolute Gasteiger partial charge is 0.497 e. The van der Waals surface area contributed by atoms with E-state index in [1.807, 2.05) is 19.1 Å². The van der Waals surface area contributed by atoms with Crippen LogP contribution >= 0.6 is 11.6 Å². The number of ether oxygens (including phenoxy) is 2. The molecule has 9 nitrogen and oxygen atoms in total. The molecule has 2 aliphatic rings. The first-order chi connectivity index (χ1) is 16.2. The molecule has 4 rings (SSSR count). The van der Waals surface area contributed by atoms with Gasteiger partial charge in [0.15, 0.2) is 6.61 Å². The van der Waals surface area contributed by atoms with Crippen molar-refractivity contribution in [1.82, 2.24) is 4.31 Å². The molecule has 2 heterocycles. The maximum absolute atomic E-state index is 13.3. The van der Waals surface area contributed by atoms with E-state index in [0.717, 1.165) is 5.69 Å². The van der Waals surface area contributed by atoms with E-state index < -0.39 is 10.0 Å². The van der Waals surface area contributed by atoms with Crippen LogP contribution in [0.4, 0.5) is 11.4 Å². The molecule has 34 heavy (non-hydrogen) atoms. The molecule has 1 saturated heterocycles. The first-order valence-electron chi connectivity index (χ1n) is 11.0. The number of halogens is 1. The van der Waals surface area contributed by atoms with E-state index in [2.05, 4.69) is 5.32 Å². The lowest BCUT2D eigenvalue weighted by molar-refractivity contribution is -0.123. The van der Waals surface area contributed by atoms with Crippen molar-refractivity contribution < 1.29 is 27.5 Å². The Labute approximate surface area is 203 Å². The fourth-order valence-corrected chi connectivity index (χ4v) is 6.20. The minimum absolute atomic E-state index is 0.000543. The number of carbonyl (C=O) groups is 2. The molecule has 0 radical (unpaired) electrons. The second-order valence-corrected chi connectivity index (χ2v) is 10.4. The summed E-state index contributed by atoms with van der Waals surface area (Å²) >= 11 is 6.26. The van der Waals surface area contributed by atoms with Gasteiger partial charge in [0.05, 0.1) is 17.8 Å². The van der Waals surface area contributed by atoms with Gasteiger partial charge in [0, 0.05) is 37.3 Å². The molecule has 182 valence electrons. The number of sulfonamides is 1. The number of amides is 2. The van der Waals surface area contributed by atoms with Gasteiger partial charge >= 0.3 is 0 Å². The van der Waals surface area contributed by atoms with Gasteiger partial charge in [-0.3, -0.25) is 9.59 Å². The number of anilines is 2. The SMILES string of the molecule is CCN(C(=O)C1CCN(S(=O)(=O)c2cc3c(cc2Cl)NC(=O)CO3)CC1)c1ccc(OC)cc1. The average molecular weight is 508 g/mol. The maximum atomic E-state index is 13.3. The first kappa shape index (κ1) is 24.3. The molecule has 11 heteroatoms. The summed E-state index contributed by atoms with van der Waals surface area (Å²) in [6.45, 7) is 2.62. The molecule has 0 bridgehead atoms. The third-order valence-electron chi connectivity index (χ3n) is 6.05. The fraction of sp³-hybridized carbons (Fsp3) is 0.391. The van der Waals surface area contributed by atoms with Gasteiger partial charge in [0.2, 0.25) is 15.9 Å². The Hall–Kier alpha value is -2.82. The van der Waals surface area contributed by atoms with Crippen molar-refractivity contribution in [2.24, 2.45) is 5.92 Å². The minimum atomic E-state index is -3.90. The van der Waals surface area contributed by atoms with Crippen LogP contribution in [-0.2, 0) is 19.6 Å². The third kappa shape index (κ3) is 4.70. The summed E-state index contributed by atoms with van der Waals surface area (Å²) < 4.78 is 38.5. The molecule has 2 aromatic rings.